The number of likely N-dealkylation sites (N-methyl/N-ethyl adjacent to an activating group) is 1. The molecule has 1 unspecified atom stereocenters. The van der Waals surface area contributed by atoms with E-state index in [9.17, 15) is 4.79 Å². The second-order valence-electron chi connectivity index (χ2n) is 5.71. The van der Waals surface area contributed by atoms with E-state index >= 15 is 0 Å². The standard InChI is InChI=1S/C11H23N3O2/c1-10(2,3)16-9(15)13-7-11(12)5-6-14(4)8-11/h5-8,12H2,1-4H3,(H,13,15). The molecule has 1 heterocycles. The Morgan fingerprint density at radius 3 is 2.62 bits per heavy atom. The molecule has 1 fully saturated rings. The Morgan fingerprint density at radius 1 is 1.56 bits per heavy atom. The maximum Gasteiger partial charge on any atom is 0.407 e. The SMILES string of the molecule is CN1CCC(N)(CNC(=O)OC(C)(C)C)C1. The highest BCUT2D eigenvalue weighted by Gasteiger charge is 2.33. The van der Waals surface area contributed by atoms with E-state index in [0.29, 0.717) is 6.54 Å². The van der Waals surface area contributed by atoms with Crippen LogP contribution in [0.4, 0.5) is 4.79 Å². The summed E-state index contributed by atoms with van der Waals surface area (Å²) in [5, 5.41) is 2.73. The zero-order valence-electron chi connectivity index (χ0n) is 10.7. The molecule has 16 heavy (non-hydrogen) atoms. The first kappa shape index (κ1) is 13.3. The average molecular weight is 229 g/mol. The van der Waals surface area contributed by atoms with Crippen molar-refractivity contribution in [2.45, 2.75) is 38.3 Å². The number of carbonyl (C=O) groups excluding carboxylic acids is 1. The summed E-state index contributed by atoms with van der Waals surface area (Å²) >= 11 is 0. The molecule has 1 saturated heterocycles. The monoisotopic (exact) mass is 229 g/mol. The van der Waals surface area contributed by atoms with Crippen LogP contribution in [0.25, 0.3) is 0 Å². The summed E-state index contributed by atoms with van der Waals surface area (Å²) in [5.41, 5.74) is 5.38. The molecule has 0 radical (unpaired) electrons. The highest BCUT2D eigenvalue weighted by molar-refractivity contribution is 5.67. The predicted octanol–water partition coefficient (Wildman–Crippen LogP) is 0.544. The lowest BCUT2D eigenvalue weighted by Crippen LogP contribution is -2.52. The van der Waals surface area contributed by atoms with Gasteiger partial charge in [0.2, 0.25) is 0 Å². The lowest BCUT2D eigenvalue weighted by atomic mass is 10.0. The van der Waals surface area contributed by atoms with Crippen molar-refractivity contribution in [3.8, 4) is 0 Å². The Balaban J connectivity index is 2.32. The molecule has 0 aromatic carbocycles. The summed E-state index contributed by atoms with van der Waals surface area (Å²) in [6.45, 7) is 7.78. The number of likely N-dealkylation sites (tertiary alicyclic amines) is 1. The summed E-state index contributed by atoms with van der Waals surface area (Å²) in [6.07, 6.45) is 0.506. The van der Waals surface area contributed by atoms with Crippen molar-refractivity contribution in [3.63, 3.8) is 0 Å². The summed E-state index contributed by atoms with van der Waals surface area (Å²) < 4.78 is 5.15. The Bertz CT molecular complexity index is 262. The molecule has 94 valence electrons. The third-order valence-electron chi connectivity index (χ3n) is 2.56. The number of alkyl carbamates (subject to hydrolysis) is 1. The predicted molar refractivity (Wildman–Crippen MR) is 63.3 cm³/mol. The van der Waals surface area contributed by atoms with Crippen molar-refractivity contribution >= 4 is 6.09 Å². The molecule has 1 aliphatic heterocycles. The van der Waals surface area contributed by atoms with E-state index < -0.39 is 11.7 Å². The van der Waals surface area contributed by atoms with Gasteiger partial charge in [-0.15, -0.1) is 0 Å². The minimum absolute atomic E-state index is 0.314. The molecule has 5 nitrogen and oxygen atoms in total. The van der Waals surface area contributed by atoms with E-state index in [-0.39, 0.29) is 5.54 Å². The number of nitrogens with two attached hydrogens (primary N) is 1. The van der Waals surface area contributed by atoms with E-state index in [4.69, 9.17) is 10.5 Å². The molecule has 0 spiro atoms. The topological polar surface area (TPSA) is 67.6 Å². The Labute approximate surface area is 97.3 Å². The fourth-order valence-electron chi connectivity index (χ4n) is 1.82. The fourth-order valence-corrected chi connectivity index (χ4v) is 1.82. The number of amides is 1. The smallest absolute Gasteiger partial charge is 0.407 e. The van der Waals surface area contributed by atoms with Gasteiger partial charge < -0.3 is 20.7 Å². The first-order valence-electron chi connectivity index (χ1n) is 5.64. The summed E-state index contributed by atoms with van der Waals surface area (Å²) in [5.74, 6) is 0. The zero-order valence-corrected chi connectivity index (χ0v) is 10.7. The van der Waals surface area contributed by atoms with Gasteiger partial charge in [-0.2, -0.15) is 0 Å². The molecule has 0 aromatic rings. The first-order chi connectivity index (χ1) is 7.20. The van der Waals surface area contributed by atoms with E-state index in [1.165, 1.54) is 0 Å². The summed E-state index contributed by atoms with van der Waals surface area (Å²) in [4.78, 5) is 13.6. The molecule has 1 rings (SSSR count). The second-order valence-corrected chi connectivity index (χ2v) is 5.71. The number of hydrogen-bond donors (Lipinski definition) is 2. The van der Waals surface area contributed by atoms with Crippen LogP contribution < -0.4 is 11.1 Å². The van der Waals surface area contributed by atoms with Crippen LogP contribution in [-0.2, 0) is 4.74 Å². The average Bonchev–Trinajstić information content (AvgIpc) is 2.41. The van der Waals surface area contributed by atoms with Gasteiger partial charge in [0, 0.05) is 18.6 Å². The highest BCUT2D eigenvalue weighted by Crippen LogP contribution is 2.16. The molecule has 0 aliphatic carbocycles. The normalized spacial score (nSPS) is 26.8. The summed E-state index contributed by atoms with van der Waals surface area (Å²) in [7, 11) is 2.03. The Kier molecular flexibility index (Phi) is 3.80. The second kappa shape index (κ2) is 4.59. The molecular weight excluding hydrogens is 206 g/mol. The number of nitrogens with zero attached hydrogens (tertiary/aromatic N) is 1. The number of hydrogen-bond acceptors (Lipinski definition) is 4. The van der Waals surface area contributed by atoms with Crippen LogP contribution in [0.1, 0.15) is 27.2 Å². The summed E-state index contributed by atoms with van der Waals surface area (Å²) in [6, 6.07) is 0. The molecule has 0 aromatic heterocycles. The molecule has 1 aliphatic rings. The lowest BCUT2D eigenvalue weighted by Gasteiger charge is -2.25. The van der Waals surface area contributed by atoms with Gasteiger partial charge >= 0.3 is 6.09 Å². The van der Waals surface area contributed by atoms with Gasteiger partial charge in [-0.25, -0.2) is 4.79 Å². The van der Waals surface area contributed by atoms with Gasteiger partial charge in [-0.3, -0.25) is 0 Å². The van der Waals surface area contributed by atoms with Gasteiger partial charge in [-0.05, 0) is 40.8 Å². The van der Waals surface area contributed by atoms with Crippen molar-refractivity contribution in [2.24, 2.45) is 5.73 Å². The fraction of sp³-hybridized carbons (Fsp3) is 0.909. The van der Waals surface area contributed by atoms with Crippen molar-refractivity contribution in [1.82, 2.24) is 10.2 Å². The van der Waals surface area contributed by atoms with E-state index in [1.54, 1.807) is 0 Å². The quantitative estimate of drug-likeness (QED) is 0.725. The highest BCUT2D eigenvalue weighted by atomic mass is 16.6. The molecule has 5 heteroatoms. The van der Waals surface area contributed by atoms with Gasteiger partial charge in [0.1, 0.15) is 5.60 Å². The molecule has 1 amide bonds. The third-order valence-corrected chi connectivity index (χ3v) is 2.56. The zero-order chi connectivity index (χ0) is 12.4. The lowest BCUT2D eigenvalue weighted by molar-refractivity contribution is 0.0515. The van der Waals surface area contributed by atoms with Crippen LogP contribution in [0.15, 0.2) is 0 Å². The van der Waals surface area contributed by atoms with Crippen molar-refractivity contribution in [2.75, 3.05) is 26.7 Å². The molecule has 1 atom stereocenters. The van der Waals surface area contributed by atoms with Crippen molar-refractivity contribution in [3.05, 3.63) is 0 Å². The Hall–Kier alpha value is -0.810. The van der Waals surface area contributed by atoms with Gasteiger partial charge in [0.05, 0.1) is 0 Å². The Morgan fingerprint density at radius 2 is 2.19 bits per heavy atom. The van der Waals surface area contributed by atoms with Crippen LogP contribution in [0.2, 0.25) is 0 Å². The van der Waals surface area contributed by atoms with Crippen LogP contribution in [0.3, 0.4) is 0 Å². The number of nitrogens with one attached hydrogen (secondary N) is 1. The molecule has 0 bridgehead atoms. The number of carbonyl (C=O) groups is 1. The number of ether oxygens (including phenoxy) is 1. The van der Waals surface area contributed by atoms with Crippen LogP contribution in [-0.4, -0.2) is 48.8 Å². The first-order valence-corrected chi connectivity index (χ1v) is 5.64. The van der Waals surface area contributed by atoms with Crippen molar-refractivity contribution < 1.29 is 9.53 Å². The van der Waals surface area contributed by atoms with E-state index in [2.05, 4.69) is 10.2 Å². The molecular formula is C11H23N3O2. The van der Waals surface area contributed by atoms with Crippen LogP contribution in [0.5, 0.6) is 0 Å². The minimum atomic E-state index is -0.460. The maximum atomic E-state index is 11.4. The molecule has 3 N–H and O–H groups in total. The third kappa shape index (κ3) is 4.37. The van der Waals surface area contributed by atoms with Crippen LogP contribution in [0, 0.1) is 0 Å². The van der Waals surface area contributed by atoms with Gasteiger partial charge in [-0.1, -0.05) is 0 Å². The largest absolute Gasteiger partial charge is 0.444 e. The minimum Gasteiger partial charge on any atom is -0.444 e. The van der Waals surface area contributed by atoms with E-state index in [0.717, 1.165) is 19.5 Å². The van der Waals surface area contributed by atoms with Gasteiger partial charge in [0.25, 0.3) is 0 Å². The van der Waals surface area contributed by atoms with Gasteiger partial charge in [0.15, 0.2) is 0 Å². The van der Waals surface area contributed by atoms with Crippen molar-refractivity contribution in [1.29, 1.82) is 0 Å². The molecule has 0 saturated carbocycles. The van der Waals surface area contributed by atoms with E-state index in [1.807, 2.05) is 27.8 Å². The maximum absolute atomic E-state index is 11.4. The van der Waals surface area contributed by atoms with Crippen LogP contribution >= 0.6 is 0 Å². The number of rotatable bonds is 2.